The Bertz CT molecular complexity index is 480. The van der Waals surface area contributed by atoms with Crippen LogP contribution in [-0.2, 0) is 5.41 Å². The number of nitrogens with zero attached hydrogens (tertiary/aromatic N) is 2. The highest BCUT2D eigenvalue weighted by Crippen LogP contribution is 2.27. The molecule has 2 aromatic rings. The summed E-state index contributed by atoms with van der Waals surface area (Å²) in [4.78, 5) is 0. The van der Waals surface area contributed by atoms with E-state index in [2.05, 4.69) is 60.0 Å². The van der Waals surface area contributed by atoms with E-state index in [0.29, 0.717) is 0 Å². The number of para-hydroxylation sites is 1. The van der Waals surface area contributed by atoms with E-state index in [1.807, 2.05) is 22.9 Å². The third-order valence-electron chi connectivity index (χ3n) is 2.45. The highest BCUT2D eigenvalue weighted by molar-refractivity contribution is 9.10. The second-order valence-corrected chi connectivity index (χ2v) is 5.66. The molecule has 1 aromatic heterocycles. The zero-order valence-electron chi connectivity index (χ0n) is 9.74. The summed E-state index contributed by atoms with van der Waals surface area (Å²) in [6.07, 6.45) is 0. The summed E-state index contributed by atoms with van der Waals surface area (Å²) in [5.41, 5.74) is 2.37. The third-order valence-corrected chi connectivity index (χ3v) is 2.84. The lowest BCUT2D eigenvalue weighted by Crippen LogP contribution is -2.17. The molecule has 3 heteroatoms. The Hall–Kier alpha value is -1.09. The fourth-order valence-corrected chi connectivity index (χ4v) is 2.03. The van der Waals surface area contributed by atoms with Crippen molar-refractivity contribution in [3.05, 3.63) is 46.7 Å². The molecular formula is C13H15BrN2. The van der Waals surface area contributed by atoms with E-state index in [-0.39, 0.29) is 5.41 Å². The van der Waals surface area contributed by atoms with Gasteiger partial charge in [0.25, 0.3) is 0 Å². The molecule has 16 heavy (non-hydrogen) atoms. The predicted octanol–water partition coefficient (Wildman–Crippen LogP) is 3.93. The smallest absolute Gasteiger partial charge is 0.128 e. The Morgan fingerprint density at radius 3 is 2.31 bits per heavy atom. The van der Waals surface area contributed by atoms with Gasteiger partial charge < -0.3 is 0 Å². The number of rotatable bonds is 1. The van der Waals surface area contributed by atoms with Gasteiger partial charge in [0.15, 0.2) is 0 Å². The summed E-state index contributed by atoms with van der Waals surface area (Å²) < 4.78 is 2.87. The molecule has 84 valence electrons. The molecule has 0 amide bonds. The zero-order chi connectivity index (χ0) is 11.8. The van der Waals surface area contributed by atoms with Gasteiger partial charge in [0.1, 0.15) is 4.60 Å². The lowest BCUT2D eigenvalue weighted by Gasteiger charge is -2.20. The first-order chi connectivity index (χ1) is 7.48. The van der Waals surface area contributed by atoms with Gasteiger partial charge >= 0.3 is 0 Å². The molecule has 0 aliphatic carbocycles. The molecular weight excluding hydrogens is 264 g/mol. The Morgan fingerprint density at radius 1 is 1.12 bits per heavy atom. The van der Waals surface area contributed by atoms with E-state index >= 15 is 0 Å². The van der Waals surface area contributed by atoms with Crippen molar-refractivity contribution in [1.82, 2.24) is 9.78 Å². The van der Waals surface area contributed by atoms with Gasteiger partial charge in [-0.1, -0.05) is 39.0 Å². The van der Waals surface area contributed by atoms with Crippen molar-refractivity contribution in [1.29, 1.82) is 0 Å². The van der Waals surface area contributed by atoms with Gasteiger partial charge in [-0.05, 0) is 34.1 Å². The molecule has 1 heterocycles. The Kier molecular flexibility index (Phi) is 2.89. The number of benzene rings is 1. The van der Waals surface area contributed by atoms with Crippen LogP contribution < -0.4 is 0 Å². The molecule has 1 aromatic carbocycles. The minimum atomic E-state index is 0.0782. The summed E-state index contributed by atoms with van der Waals surface area (Å²) in [5.74, 6) is 0. The molecule has 0 radical (unpaired) electrons. The molecule has 0 aliphatic rings. The molecule has 0 fully saturated rings. The molecule has 0 aliphatic heterocycles. The molecule has 2 rings (SSSR count). The van der Waals surface area contributed by atoms with E-state index in [1.54, 1.807) is 0 Å². The maximum atomic E-state index is 4.48. The maximum Gasteiger partial charge on any atom is 0.128 e. The monoisotopic (exact) mass is 278 g/mol. The first-order valence-electron chi connectivity index (χ1n) is 5.30. The van der Waals surface area contributed by atoms with Crippen molar-refractivity contribution in [3.8, 4) is 5.69 Å². The Labute approximate surface area is 104 Å². The van der Waals surface area contributed by atoms with E-state index in [0.717, 1.165) is 10.3 Å². The van der Waals surface area contributed by atoms with Gasteiger partial charge in [0.05, 0.1) is 11.4 Å². The second kappa shape index (κ2) is 4.06. The molecule has 0 spiro atoms. The molecule has 0 bridgehead atoms. The molecule has 0 saturated heterocycles. The lowest BCUT2D eigenvalue weighted by molar-refractivity contribution is 0.543. The van der Waals surface area contributed by atoms with Crippen LogP contribution in [0.1, 0.15) is 26.5 Å². The van der Waals surface area contributed by atoms with Crippen LogP contribution in [0, 0.1) is 0 Å². The average molecular weight is 279 g/mol. The predicted molar refractivity (Wildman–Crippen MR) is 70.0 cm³/mol. The molecule has 0 saturated carbocycles. The Balaban J connectivity index is 2.58. The summed E-state index contributed by atoms with van der Waals surface area (Å²) in [5, 5.41) is 4.48. The number of hydrogen-bond acceptors (Lipinski definition) is 1. The van der Waals surface area contributed by atoms with Crippen molar-refractivity contribution in [2.75, 3.05) is 0 Å². The van der Waals surface area contributed by atoms with Crippen molar-refractivity contribution >= 4 is 15.9 Å². The maximum absolute atomic E-state index is 4.48. The SMILES string of the molecule is CC(C)(C)c1cc(Br)nn1-c1ccccc1. The number of hydrogen-bond donors (Lipinski definition) is 0. The molecule has 0 unspecified atom stereocenters. The standard InChI is InChI=1S/C13H15BrN2/c1-13(2,3)11-9-12(14)15-16(11)10-7-5-4-6-8-10/h4-9H,1-3H3. The number of aromatic nitrogens is 2. The summed E-state index contributed by atoms with van der Waals surface area (Å²) >= 11 is 3.44. The molecule has 0 N–H and O–H groups in total. The van der Waals surface area contributed by atoms with Crippen molar-refractivity contribution in [2.24, 2.45) is 0 Å². The zero-order valence-corrected chi connectivity index (χ0v) is 11.3. The summed E-state index contributed by atoms with van der Waals surface area (Å²) in [7, 11) is 0. The minimum Gasteiger partial charge on any atom is -0.236 e. The summed E-state index contributed by atoms with van der Waals surface area (Å²) in [6, 6.07) is 12.3. The van der Waals surface area contributed by atoms with Gasteiger partial charge in [-0.15, -0.1) is 0 Å². The highest BCUT2D eigenvalue weighted by Gasteiger charge is 2.21. The van der Waals surface area contributed by atoms with Gasteiger partial charge in [-0.2, -0.15) is 5.10 Å². The Morgan fingerprint density at radius 2 is 1.75 bits per heavy atom. The van der Waals surface area contributed by atoms with E-state index in [4.69, 9.17) is 0 Å². The van der Waals surface area contributed by atoms with Crippen LogP contribution in [-0.4, -0.2) is 9.78 Å². The average Bonchev–Trinajstić information content (AvgIpc) is 2.61. The first kappa shape index (κ1) is 11.4. The van der Waals surface area contributed by atoms with Crippen LogP contribution in [0.15, 0.2) is 41.0 Å². The molecule has 2 nitrogen and oxygen atoms in total. The van der Waals surface area contributed by atoms with E-state index in [9.17, 15) is 0 Å². The fraction of sp³-hybridized carbons (Fsp3) is 0.308. The van der Waals surface area contributed by atoms with Crippen LogP contribution in [0.5, 0.6) is 0 Å². The first-order valence-corrected chi connectivity index (χ1v) is 6.09. The number of halogens is 1. The largest absolute Gasteiger partial charge is 0.236 e. The van der Waals surface area contributed by atoms with Gasteiger partial charge in [-0.25, -0.2) is 4.68 Å². The second-order valence-electron chi connectivity index (χ2n) is 4.85. The highest BCUT2D eigenvalue weighted by atomic mass is 79.9. The third kappa shape index (κ3) is 2.19. The molecule has 0 atom stereocenters. The van der Waals surface area contributed by atoms with Crippen molar-refractivity contribution in [3.63, 3.8) is 0 Å². The van der Waals surface area contributed by atoms with Gasteiger partial charge in [0.2, 0.25) is 0 Å². The summed E-state index contributed by atoms with van der Waals surface area (Å²) in [6.45, 7) is 6.57. The fourth-order valence-electron chi connectivity index (χ4n) is 1.65. The van der Waals surface area contributed by atoms with E-state index in [1.165, 1.54) is 5.69 Å². The van der Waals surface area contributed by atoms with Crippen LogP contribution in [0.4, 0.5) is 0 Å². The van der Waals surface area contributed by atoms with Gasteiger partial charge in [-0.3, -0.25) is 0 Å². The van der Waals surface area contributed by atoms with Crippen LogP contribution in [0.25, 0.3) is 5.69 Å². The van der Waals surface area contributed by atoms with Gasteiger partial charge in [0, 0.05) is 5.41 Å². The van der Waals surface area contributed by atoms with Crippen LogP contribution >= 0.6 is 15.9 Å². The van der Waals surface area contributed by atoms with E-state index < -0.39 is 0 Å². The van der Waals surface area contributed by atoms with Crippen molar-refractivity contribution < 1.29 is 0 Å². The quantitative estimate of drug-likeness (QED) is 0.773. The van der Waals surface area contributed by atoms with Crippen molar-refractivity contribution in [2.45, 2.75) is 26.2 Å². The van der Waals surface area contributed by atoms with Crippen LogP contribution in [0.2, 0.25) is 0 Å². The topological polar surface area (TPSA) is 17.8 Å². The minimum absolute atomic E-state index is 0.0782. The van der Waals surface area contributed by atoms with Crippen LogP contribution in [0.3, 0.4) is 0 Å². The lowest BCUT2D eigenvalue weighted by atomic mass is 9.92. The normalized spacial score (nSPS) is 11.8.